The molecule has 8 nitrogen and oxygen atoms in total. The molecule has 0 aliphatic heterocycles. The standard InChI is InChI=1S/C21H16N4O4S/c26-19(22-16-8-2-1-3-9-16)14-6-4-10-17(12-14)23-21(30)24-20(27)15-7-5-11-18(13-15)25(28)29/h1-13H,(H,22,26)(H2,23,24,27,30). The molecule has 3 N–H and O–H groups in total. The lowest BCUT2D eigenvalue weighted by Crippen LogP contribution is -2.34. The van der Waals surface area contributed by atoms with Crippen LogP contribution in [0, 0.1) is 10.1 Å². The molecule has 0 fully saturated rings. The molecule has 0 saturated carbocycles. The van der Waals surface area contributed by atoms with E-state index < -0.39 is 10.8 Å². The highest BCUT2D eigenvalue weighted by molar-refractivity contribution is 7.80. The number of carbonyl (C=O) groups excluding carboxylic acids is 2. The van der Waals surface area contributed by atoms with Crippen LogP contribution in [0.4, 0.5) is 17.1 Å². The minimum Gasteiger partial charge on any atom is -0.332 e. The minimum atomic E-state index is -0.589. The maximum atomic E-state index is 12.4. The molecule has 0 atom stereocenters. The van der Waals surface area contributed by atoms with Gasteiger partial charge in [-0.2, -0.15) is 0 Å². The summed E-state index contributed by atoms with van der Waals surface area (Å²) in [5.74, 6) is -0.884. The number of amides is 2. The van der Waals surface area contributed by atoms with Crippen molar-refractivity contribution in [3.8, 4) is 0 Å². The summed E-state index contributed by atoms with van der Waals surface area (Å²) < 4.78 is 0. The van der Waals surface area contributed by atoms with E-state index in [0.717, 1.165) is 6.07 Å². The highest BCUT2D eigenvalue weighted by Gasteiger charge is 2.13. The van der Waals surface area contributed by atoms with Gasteiger partial charge >= 0.3 is 0 Å². The third-order valence-corrected chi connectivity index (χ3v) is 4.16. The maximum absolute atomic E-state index is 12.4. The fourth-order valence-electron chi connectivity index (χ4n) is 2.56. The molecule has 0 saturated heterocycles. The first-order valence-electron chi connectivity index (χ1n) is 8.75. The van der Waals surface area contributed by atoms with E-state index in [1.807, 2.05) is 18.2 Å². The van der Waals surface area contributed by atoms with Crippen molar-refractivity contribution in [3.63, 3.8) is 0 Å². The van der Waals surface area contributed by atoms with Crippen molar-refractivity contribution in [2.75, 3.05) is 10.6 Å². The molecule has 3 aromatic rings. The van der Waals surface area contributed by atoms with Crippen LogP contribution in [0.25, 0.3) is 0 Å². The van der Waals surface area contributed by atoms with Gasteiger partial charge in [-0.3, -0.25) is 25.0 Å². The molecular weight excluding hydrogens is 404 g/mol. The number of hydrogen-bond acceptors (Lipinski definition) is 5. The summed E-state index contributed by atoms with van der Waals surface area (Å²) in [6, 6.07) is 20.9. The first kappa shape index (κ1) is 20.6. The second-order valence-corrected chi connectivity index (χ2v) is 6.52. The first-order chi connectivity index (χ1) is 14.4. The lowest BCUT2D eigenvalue weighted by atomic mass is 10.2. The fraction of sp³-hybridized carbons (Fsp3) is 0. The van der Waals surface area contributed by atoms with Gasteiger partial charge in [-0.05, 0) is 48.6 Å². The van der Waals surface area contributed by atoms with Crippen molar-refractivity contribution in [1.29, 1.82) is 0 Å². The van der Waals surface area contributed by atoms with E-state index in [-0.39, 0.29) is 22.3 Å². The van der Waals surface area contributed by atoms with E-state index in [1.54, 1.807) is 36.4 Å². The lowest BCUT2D eigenvalue weighted by molar-refractivity contribution is -0.384. The molecule has 150 valence electrons. The van der Waals surface area contributed by atoms with Gasteiger partial charge in [0.2, 0.25) is 0 Å². The van der Waals surface area contributed by atoms with Crippen molar-refractivity contribution < 1.29 is 14.5 Å². The predicted molar refractivity (Wildman–Crippen MR) is 118 cm³/mol. The van der Waals surface area contributed by atoms with E-state index >= 15 is 0 Å². The molecule has 9 heteroatoms. The SMILES string of the molecule is O=C(NC(=S)Nc1cccc(C(=O)Nc2ccccc2)c1)c1cccc([N+](=O)[O-])c1. The quantitative estimate of drug-likeness (QED) is 0.327. The Morgan fingerprint density at radius 1 is 0.767 bits per heavy atom. The number of thiocarbonyl (C=S) groups is 1. The van der Waals surface area contributed by atoms with Gasteiger partial charge in [-0.25, -0.2) is 0 Å². The summed E-state index contributed by atoms with van der Waals surface area (Å²) in [5.41, 5.74) is 1.47. The molecule has 0 aliphatic carbocycles. The molecular formula is C21H16N4O4S. The zero-order valence-corrected chi connectivity index (χ0v) is 16.3. The Morgan fingerprint density at radius 3 is 2.10 bits per heavy atom. The maximum Gasteiger partial charge on any atom is 0.270 e. The summed E-state index contributed by atoms with van der Waals surface area (Å²) >= 11 is 5.13. The number of nitro groups is 1. The van der Waals surface area contributed by atoms with Gasteiger partial charge in [0.05, 0.1) is 4.92 Å². The average molecular weight is 420 g/mol. The Morgan fingerprint density at radius 2 is 1.40 bits per heavy atom. The Balaban J connectivity index is 1.63. The second kappa shape index (κ2) is 9.39. The molecule has 0 spiro atoms. The monoisotopic (exact) mass is 420 g/mol. The highest BCUT2D eigenvalue weighted by Crippen LogP contribution is 2.15. The molecule has 2 amide bonds. The van der Waals surface area contributed by atoms with Gasteiger partial charge in [0.1, 0.15) is 0 Å². The molecule has 0 bridgehead atoms. The van der Waals surface area contributed by atoms with Crippen LogP contribution < -0.4 is 16.0 Å². The number of carbonyl (C=O) groups is 2. The van der Waals surface area contributed by atoms with Crippen LogP contribution in [0.1, 0.15) is 20.7 Å². The lowest BCUT2D eigenvalue weighted by Gasteiger charge is -2.11. The molecule has 3 rings (SSSR count). The van der Waals surface area contributed by atoms with E-state index in [0.29, 0.717) is 16.9 Å². The molecule has 0 aliphatic rings. The minimum absolute atomic E-state index is 0.00729. The van der Waals surface area contributed by atoms with Crippen LogP contribution in [-0.4, -0.2) is 21.9 Å². The Labute approximate surface area is 177 Å². The van der Waals surface area contributed by atoms with Crippen LogP contribution in [0.5, 0.6) is 0 Å². The van der Waals surface area contributed by atoms with Gasteiger partial charge < -0.3 is 10.6 Å². The second-order valence-electron chi connectivity index (χ2n) is 6.12. The van der Waals surface area contributed by atoms with Gasteiger partial charge in [0.15, 0.2) is 5.11 Å². The van der Waals surface area contributed by atoms with Crippen LogP contribution in [0.2, 0.25) is 0 Å². The van der Waals surface area contributed by atoms with Crippen LogP contribution in [0.15, 0.2) is 78.9 Å². The number of nitro benzene ring substituents is 1. The smallest absolute Gasteiger partial charge is 0.270 e. The zero-order chi connectivity index (χ0) is 21.5. The molecule has 0 radical (unpaired) electrons. The van der Waals surface area contributed by atoms with Crippen molar-refractivity contribution in [1.82, 2.24) is 5.32 Å². The summed E-state index contributed by atoms with van der Waals surface area (Å²) in [7, 11) is 0. The zero-order valence-electron chi connectivity index (χ0n) is 15.5. The molecule has 0 unspecified atom stereocenters. The highest BCUT2D eigenvalue weighted by atomic mass is 32.1. The number of non-ortho nitro benzene ring substituents is 1. The van der Waals surface area contributed by atoms with Crippen molar-refractivity contribution in [2.24, 2.45) is 0 Å². The van der Waals surface area contributed by atoms with Crippen molar-refractivity contribution in [3.05, 3.63) is 100 Å². The third-order valence-electron chi connectivity index (χ3n) is 3.96. The topological polar surface area (TPSA) is 113 Å². The van der Waals surface area contributed by atoms with Crippen LogP contribution >= 0.6 is 12.2 Å². The third kappa shape index (κ3) is 5.46. The van der Waals surface area contributed by atoms with Crippen molar-refractivity contribution >= 4 is 46.2 Å². The largest absolute Gasteiger partial charge is 0.332 e. The fourth-order valence-corrected chi connectivity index (χ4v) is 2.77. The summed E-state index contributed by atoms with van der Waals surface area (Å²) in [6.45, 7) is 0. The van der Waals surface area contributed by atoms with Gasteiger partial charge in [-0.1, -0.05) is 30.3 Å². The Bertz CT molecular complexity index is 1120. The Kier molecular flexibility index (Phi) is 6.46. The summed E-state index contributed by atoms with van der Waals surface area (Å²) in [4.78, 5) is 34.9. The molecule has 30 heavy (non-hydrogen) atoms. The van der Waals surface area contributed by atoms with Crippen molar-refractivity contribution in [2.45, 2.75) is 0 Å². The number of hydrogen-bond donors (Lipinski definition) is 3. The predicted octanol–water partition coefficient (Wildman–Crippen LogP) is 3.97. The summed E-state index contributed by atoms with van der Waals surface area (Å²) in [5, 5.41) is 18.9. The van der Waals surface area contributed by atoms with Gasteiger partial charge in [0.25, 0.3) is 17.5 Å². The first-order valence-corrected chi connectivity index (χ1v) is 9.16. The van der Waals surface area contributed by atoms with Gasteiger partial charge in [-0.15, -0.1) is 0 Å². The normalized spacial score (nSPS) is 10.0. The van der Waals surface area contributed by atoms with Gasteiger partial charge in [0, 0.05) is 34.6 Å². The average Bonchev–Trinajstić information content (AvgIpc) is 2.74. The van der Waals surface area contributed by atoms with E-state index in [1.165, 1.54) is 18.2 Å². The molecule has 0 aromatic heterocycles. The van der Waals surface area contributed by atoms with Crippen LogP contribution in [-0.2, 0) is 0 Å². The van der Waals surface area contributed by atoms with Crippen LogP contribution in [0.3, 0.4) is 0 Å². The number of para-hydroxylation sites is 1. The molecule has 0 heterocycles. The number of anilines is 2. The summed E-state index contributed by atoms with van der Waals surface area (Å²) in [6.07, 6.45) is 0. The van der Waals surface area contributed by atoms with E-state index in [9.17, 15) is 19.7 Å². The number of benzene rings is 3. The van der Waals surface area contributed by atoms with E-state index in [2.05, 4.69) is 16.0 Å². The number of nitrogens with zero attached hydrogens (tertiary/aromatic N) is 1. The Hall–Kier alpha value is -4.11. The number of nitrogens with one attached hydrogen (secondary N) is 3. The number of rotatable bonds is 5. The van der Waals surface area contributed by atoms with E-state index in [4.69, 9.17) is 12.2 Å². The molecule has 3 aromatic carbocycles.